The normalized spacial score (nSPS) is 16.9. The van der Waals surface area contributed by atoms with E-state index in [9.17, 15) is 18.0 Å². The molecule has 0 spiro atoms. The number of nitrogens with one attached hydrogen (secondary N) is 1. The summed E-state index contributed by atoms with van der Waals surface area (Å²) in [4.78, 5) is 12.9. The minimum Gasteiger partial charge on any atom is -0.338 e. The molecule has 1 N–H and O–H groups in total. The number of benzene rings is 1. The van der Waals surface area contributed by atoms with Gasteiger partial charge in [-0.05, 0) is 30.7 Å². The van der Waals surface area contributed by atoms with E-state index in [1.807, 2.05) is 0 Å². The van der Waals surface area contributed by atoms with Gasteiger partial charge in [-0.1, -0.05) is 0 Å². The summed E-state index contributed by atoms with van der Waals surface area (Å²) in [7, 11) is 0. The van der Waals surface area contributed by atoms with E-state index >= 15 is 0 Å². The van der Waals surface area contributed by atoms with Gasteiger partial charge in [0, 0.05) is 18.8 Å². The van der Waals surface area contributed by atoms with Crippen molar-refractivity contribution in [1.82, 2.24) is 5.32 Å². The lowest BCUT2D eigenvalue weighted by Gasteiger charge is -2.27. The number of alkyl halides is 3. The van der Waals surface area contributed by atoms with Crippen LogP contribution in [0.15, 0.2) is 24.3 Å². The molecule has 0 aromatic heterocycles. The molecule has 1 aromatic rings. The van der Waals surface area contributed by atoms with Gasteiger partial charge in [0.05, 0.1) is 5.56 Å². The maximum absolute atomic E-state index is 12.3. The molecule has 1 saturated heterocycles. The Morgan fingerprint density at radius 1 is 1.18 bits per heavy atom. The first kappa shape index (κ1) is 11.8. The number of urea groups is 1. The first-order chi connectivity index (χ1) is 7.98. The number of halogens is 3. The molecule has 1 aliphatic heterocycles. The number of nitrogens with zero attached hydrogens (tertiary/aromatic N) is 1. The fourth-order valence-electron chi connectivity index (χ4n) is 1.71. The van der Waals surface area contributed by atoms with Crippen molar-refractivity contribution < 1.29 is 18.0 Å². The summed E-state index contributed by atoms with van der Waals surface area (Å²) in [5.41, 5.74) is -0.228. The van der Waals surface area contributed by atoms with Crippen molar-refractivity contribution in [3.05, 3.63) is 29.8 Å². The second-order valence-corrected chi connectivity index (χ2v) is 3.78. The van der Waals surface area contributed by atoms with Crippen molar-refractivity contribution in [2.75, 3.05) is 18.0 Å². The lowest BCUT2D eigenvalue weighted by Crippen LogP contribution is -2.46. The zero-order chi connectivity index (χ0) is 12.5. The first-order valence-corrected chi connectivity index (χ1v) is 5.21. The Morgan fingerprint density at radius 2 is 1.82 bits per heavy atom. The highest BCUT2D eigenvalue weighted by molar-refractivity contribution is 5.92. The maximum Gasteiger partial charge on any atom is 0.416 e. The number of amides is 2. The monoisotopic (exact) mass is 244 g/mol. The standard InChI is InChI=1S/C11H11F3N2O/c12-11(13,14)8-2-4-9(5-3-8)16-7-1-6-15-10(16)17/h2-5H,1,6-7H2,(H,15,17). The summed E-state index contributed by atoms with van der Waals surface area (Å²) in [6, 6.07) is 4.33. The molecule has 0 atom stereocenters. The largest absolute Gasteiger partial charge is 0.416 e. The van der Waals surface area contributed by atoms with Crippen LogP contribution in [0, 0.1) is 0 Å². The van der Waals surface area contributed by atoms with E-state index in [1.165, 1.54) is 17.0 Å². The van der Waals surface area contributed by atoms with E-state index in [4.69, 9.17) is 0 Å². The molecule has 1 aromatic carbocycles. The fraction of sp³-hybridized carbons (Fsp3) is 0.364. The third kappa shape index (κ3) is 2.51. The SMILES string of the molecule is O=C1NCCCN1c1ccc(C(F)(F)F)cc1. The van der Waals surface area contributed by atoms with Gasteiger partial charge in [-0.25, -0.2) is 4.79 Å². The number of hydrogen-bond donors (Lipinski definition) is 1. The van der Waals surface area contributed by atoms with E-state index < -0.39 is 11.7 Å². The van der Waals surface area contributed by atoms with Gasteiger partial charge in [0.15, 0.2) is 0 Å². The highest BCUT2D eigenvalue weighted by Gasteiger charge is 2.30. The number of carbonyl (C=O) groups is 1. The van der Waals surface area contributed by atoms with E-state index in [2.05, 4.69) is 5.32 Å². The van der Waals surface area contributed by atoms with E-state index in [-0.39, 0.29) is 6.03 Å². The van der Waals surface area contributed by atoms with Crippen molar-refractivity contribution in [2.24, 2.45) is 0 Å². The highest BCUT2D eigenvalue weighted by Crippen LogP contribution is 2.30. The van der Waals surface area contributed by atoms with Crippen molar-refractivity contribution in [3.8, 4) is 0 Å². The molecule has 6 heteroatoms. The molecule has 0 radical (unpaired) electrons. The Kier molecular flexibility index (Phi) is 2.95. The summed E-state index contributed by atoms with van der Waals surface area (Å²) in [5.74, 6) is 0. The van der Waals surface area contributed by atoms with Crippen LogP contribution in [0.2, 0.25) is 0 Å². The minimum absolute atomic E-state index is 0.268. The fourth-order valence-corrected chi connectivity index (χ4v) is 1.71. The van der Waals surface area contributed by atoms with Crippen LogP contribution in [-0.2, 0) is 6.18 Å². The summed E-state index contributed by atoms with van der Waals surface area (Å²) < 4.78 is 37.0. The molecule has 0 saturated carbocycles. The molecule has 0 bridgehead atoms. The zero-order valence-corrected chi connectivity index (χ0v) is 8.92. The summed E-state index contributed by atoms with van der Waals surface area (Å²) in [5, 5.41) is 2.64. The Hall–Kier alpha value is -1.72. The van der Waals surface area contributed by atoms with Gasteiger partial charge in [-0.3, -0.25) is 4.90 Å². The van der Waals surface area contributed by atoms with Gasteiger partial charge >= 0.3 is 12.2 Å². The van der Waals surface area contributed by atoms with E-state index in [0.717, 1.165) is 18.6 Å². The van der Waals surface area contributed by atoms with Gasteiger partial charge in [-0.2, -0.15) is 13.2 Å². The Bertz CT molecular complexity index is 414. The Balaban J connectivity index is 2.20. The summed E-state index contributed by atoms with van der Waals surface area (Å²) >= 11 is 0. The van der Waals surface area contributed by atoms with Crippen LogP contribution >= 0.6 is 0 Å². The van der Waals surface area contributed by atoms with Crippen LogP contribution in [0.3, 0.4) is 0 Å². The molecular formula is C11H11F3N2O. The lowest BCUT2D eigenvalue weighted by molar-refractivity contribution is -0.137. The first-order valence-electron chi connectivity index (χ1n) is 5.21. The van der Waals surface area contributed by atoms with Gasteiger partial charge in [0.25, 0.3) is 0 Å². The van der Waals surface area contributed by atoms with Gasteiger partial charge in [-0.15, -0.1) is 0 Å². The predicted octanol–water partition coefficient (Wildman–Crippen LogP) is 2.63. The summed E-state index contributed by atoms with van der Waals surface area (Å²) in [6.07, 6.45) is -3.56. The molecule has 1 aliphatic rings. The van der Waals surface area contributed by atoms with Crippen molar-refractivity contribution >= 4 is 11.7 Å². The molecule has 2 amide bonds. The van der Waals surface area contributed by atoms with Crippen LogP contribution in [0.4, 0.5) is 23.7 Å². The molecular weight excluding hydrogens is 233 g/mol. The smallest absolute Gasteiger partial charge is 0.338 e. The van der Waals surface area contributed by atoms with Crippen LogP contribution < -0.4 is 10.2 Å². The maximum atomic E-state index is 12.3. The van der Waals surface area contributed by atoms with Gasteiger partial charge < -0.3 is 5.32 Å². The second-order valence-electron chi connectivity index (χ2n) is 3.78. The van der Waals surface area contributed by atoms with Crippen LogP contribution in [0.25, 0.3) is 0 Å². The summed E-state index contributed by atoms with van der Waals surface area (Å²) in [6.45, 7) is 1.13. The number of rotatable bonds is 1. The minimum atomic E-state index is -4.34. The van der Waals surface area contributed by atoms with Crippen molar-refractivity contribution in [3.63, 3.8) is 0 Å². The Labute approximate surface area is 96.2 Å². The van der Waals surface area contributed by atoms with Crippen molar-refractivity contribution in [2.45, 2.75) is 12.6 Å². The number of anilines is 1. The Morgan fingerprint density at radius 3 is 2.35 bits per heavy atom. The van der Waals surface area contributed by atoms with Gasteiger partial charge in [0.2, 0.25) is 0 Å². The number of carbonyl (C=O) groups excluding carboxylic acids is 1. The van der Waals surface area contributed by atoms with E-state index in [0.29, 0.717) is 18.8 Å². The van der Waals surface area contributed by atoms with Crippen LogP contribution in [-0.4, -0.2) is 19.1 Å². The molecule has 17 heavy (non-hydrogen) atoms. The average Bonchev–Trinajstić information content (AvgIpc) is 2.29. The lowest BCUT2D eigenvalue weighted by atomic mass is 10.2. The molecule has 1 fully saturated rings. The van der Waals surface area contributed by atoms with Crippen LogP contribution in [0.5, 0.6) is 0 Å². The van der Waals surface area contributed by atoms with Crippen molar-refractivity contribution in [1.29, 1.82) is 0 Å². The third-order valence-corrected chi connectivity index (χ3v) is 2.59. The van der Waals surface area contributed by atoms with E-state index in [1.54, 1.807) is 0 Å². The topological polar surface area (TPSA) is 32.3 Å². The molecule has 0 unspecified atom stereocenters. The third-order valence-electron chi connectivity index (χ3n) is 2.59. The molecule has 0 aliphatic carbocycles. The zero-order valence-electron chi connectivity index (χ0n) is 8.92. The molecule has 2 rings (SSSR count). The molecule has 1 heterocycles. The predicted molar refractivity (Wildman–Crippen MR) is 56.8 cm³/mol. The van der Waals surface area contributed by atoms with Crippen LogP contribution in [0.1, 0.15) is 12.0 Å². The molecule has 92 valence electrons. The molecule has 3 nitrogen and oxygen atoms in total. The quantitative estimate of drug-likeness (QED) is 0.809. The second kappa shape index (κ2) is 4.27. The number of hydrogen-bond acceptors (Lipinski definition) is 1. The van der Waals surface area contributed by atoms with Gasteiger partial charge in [0.1, 0.15) is 0 Å². The highest BCUT2D eigenvalue weighted by atomic mass is 19.4. The average molecular weight is 244 g/mol.